The van der Waals surface area contributed by atoms with Crippen molar-refractivity contribution in [3.05, 3.63) is 35.6 Å². The molecule has 3 heteroatoms. The molecular formula is C13H17F2N. The van der Waals surface area contributed by atoms with Gasteiger partial charge in [-0.3, -0.25) is 0 Å². The van der Waals surface area contributed by atoms with Crippen LogP contribution in [0.3, 0.4) is 0 Å². The maximum atomic E-state index is 14.4. The average molecular weight is 225 g/mol. The molecule has 1 fully saturated rings. The van der Waals surface area contributed by atoms with Crippen LogP contribution in [0.2, 0.25) is 0 Å². The van der Waals surface area contributed by atoms with Crippen molar-refractivity contribution in [3.8, 4) is 0 Å². The Balaban J connectivity index is 2.07. The van der Waals surface area contributed by atoms with Crippen molar-refractivity contribution < 1.29 is 8.78 Å². The van der Waals surface area contributed by atoms with Crippen LogP contribution in [0.5, 0.6) is 0 Å². The molecule has 1 N–H and O–H groups in total. The first-order chi connectivity index (χ1) is 7.58. The van der Waals surface area contributed by atoms with Gasteiger partial charge in [-0.05, 0) is 44.0 Å². The molecule has 2 rings (SSSR count). The summed E-state index contributed by atoms with van der Waals surface area (Å²) in [7, 11) is 0. The van der Waals surface area contributed by atoms with Gasteiger partial charge in [0, 0.05) is 12.5 Å². The molecule has 1 aliphatic heterocycles. The van der Waals surface area contributed by atoms with Crippen LogP contribution in [-0.4, -0.2) is 12.6 Å². The number of nitrogens with one attached hydrogen (secondary N) is 1. The number of halogens is 2. The molecule has 0 aromatic heterocycles. The lowest BCUT2D eigenvalue weighted by molar-refractivity contribution is 0.159. The van der Waals surface area contributed by atoms with Crippen molar-refractivity contribution in [1.29, 1.82) is 0 Å². The van der Waals surface area contributed by atoms with E-state index in [1.165, 1.54) is 24.3 Å². The van der Waals surface area contributed by atoms with Crippen LogP contribution in [0.15, 0.2) is 24.3 Å². The van der Waals surface area contributed by atoms with Gasteiger partial charge in [-0.1, -0.05) is 12.1 Å². The maximum Gasteiger partial charge on any atom is 0.134 e. The minimum absolute atomic E-state index is 0.250. The van der Waals surface area contributed by atoms with Crippen molar-refractivity contribution >= 4 is 0 Å². The monoisotopic (exact) mass is 225 g/mol. The van der Waals surface area contributed by atoms with Gasteiger partial charge >= 0.3 is 0 Å². The first-order valence-electron chi connectivity index (χ1n) is 5.76. The van der Waals surface area contributed by atoms with Gasteiger partial charge in [0.25, 0.3) is 0 Å². The molecule has 0 spiro atoms. The number of benzene rings is 1. The zero-order chi connectivity index (χ0) is 11.6. The maximum absolute atomic E-state index is 14.4. The fourth-order valence-electron chi connectivity index (χ4n) is 2.31. The molecule has 0 saturated carbocycles. The van der Waals surface area contributed by atoms with Gasteiger partial charge in [0.05, 0.1) is 0 Å². The summed E-state index contributed by atoms with van der Waals surface area (Å²) in [6.07, 6.45) is 2.60. The number of alkyl halides is 1. The zero-order valence-electron chi connectivity index (χ0n) is 9.47. The molecule has 88 valence electrons. The van der Waals surface area contributed by atoms with Gasteiger partial charge in [-0.2, -0.15) is 0 Å². The molecule has 16 heavy (non-hydrogen) atoms. The van der Waals surface area contributed by atoms with Gasteiger partial charge in [0.2, 0.25) is 0 Å². The quantitative estimate of drug-likeness (QED) is 0.833. The van der Waals surface area contributed by atoms with E-state index in [-0.39, 0.29) is 11.9 Å². The Hall–Kier alpha value is -0.960. The van der Waals surface area contributed by atoms with Gasteiger partial charge < -0.3 is 5.32 Å². The Kier molecular flexibility index (Phi) is 3.24. The smallest absolute Gasteiger partial charge is 0.134 e. The molecule has 1 nitrogen and oxygen atoms in total. The van der Waals surface area contributed by atoms with Crippen molar-refractivity contribution in [2.45, 2.75) is 37.9 Å². The van der Waals surface area contributed by atoms with Gasteiger partial charge in [-0.15, -0.1) is 0 Å². The second-order valence-corrected chi connectivity index (χ2v) is 4.70. The minimum atomic E-state index is -1.38. The summed E-state index contributed by atoms with van der Waals surface area (Å²) in [5.74, 6) is -0.321. The Morgan fingerprint density at radius 3 is 2.62 bits per heavy atom. The lowest BCUT2D eigenvalue weighted by atomic mass is 9.90. The first kappa shape index (κ1) is 11.5. The Morgan fingerprint density at radius 1 is 1.38 bits per heavy atom. The molecule has 2 atom stereocenters. The molecule has 0 amide bonds. The van der Waals surface area contributed by atoms with E-state index in [0.717, 1.165) is 19.4 Å². The second kappa shape index (κ2) is 4.50. The normalized spacial score (nSPS) is 24.3. The lowest BCUT2D eigenvalue weighted by Crippen LogP contribution is -2.30. The van der Waals surface area contributed by atoms with Crippen molar-refractivity contribution in [2.24, 2.45) is 0 Å². The molecule has 0 aliphatic carbocycles. The van der Waals surface area contributed by atoms with Crippen LogP contribution in [0.1, 0.15) is 31.7 Å². The molecule has 1 aliphatic rings. The highest BCUT2D eigenvalue weighted by molar-refractivity contribution is 5.22. The third-order valence-corrected chi connectivity index (χ3v) is 3.24. The van der Waals surface area contributed by atoms with E-state index in [1.807, 2.05) is 0 Å². The van der Waals surface area contributed by atoms with E-state index in [9.17, 15) is 8.78 Å². The summed E-state index contributed by atoms with van der Waals surface area (Å²) in [6, 6.07) is 5.94. The topological polar surface area (TPSA) is 12.0 Å². The van der Waals surface area contributed by atoms with Gasteiger partial charge in [0.1, 0.15) is 11.5 Å². The van der Waals surface area contributed by atoms with E-state index < -0.39 is 5.67 Å². The molecule has 0 radical (unpaired) electrons. The predicted molar refractivity (Wildman–Crippen MR) is 60.5 cm³/mol. The second-order valence-electron chi connectivity index (χ2n) is 4.70. The summed E-state index contributed by atoms with van der Waals surface area (Å²) in [4.78, 5) is 0. The van der Waals surface area contributed by atoms with Gasteiger partial charge in [0.15, 0.2) is 0 Å². The van der Waals surface area contributed by atoms with Crippen LogP contribution < -0.4 is 5.32 Å². The Morgan fingerprint density at radius 2 is 2.06 bits per heavy atom. The summed E-state index contributed by atoms with van der Waals surface area (Å²) >= 11 is 0. The third kappa shape index (κ3) is 2.59. The van der Waals surface area contributed by atoms with E-state index in [4.69, 9.17) is 0 Å². The Labute approximate surface area is 94.9 Å². The highest BCUT2D eigenvalue weighted by Gasteiger charge is 2.30. The van der Waals surface area contributed by atoms with Crippen LogP contribution >= 0.6 is 0 Å². The molecule has 0 bridgehead atoms. The standard InChI is InChI=1S/C13H17F2N/c1-13(15,9-12-3-2-8-16-12)10-4-6-11(14)7-5-10/h4-7,12,16H,2-3,8-9H2,1H3. The molecule has 1 aromatic carbocycles. The van der Waals surface area contributed by atoms with Crippen molar-refractivity contribution in [2.75, 3.05) is 6.54 Å². The van der Waals surface area contributed by atoms with E-state index in [1.54, 1.807) is 6.92 Å². The summed E-state index contributed by atoms with van der Waals surface area (Å²) < 4.78 is 27.2. The summed E-state index contributed by atoms with van der Waals surface area (Å²) in [5, 5.41) is 3.28. The van der Waals surface area contributed by atoms with E-state index in [2.05, 4.69) is 5.32 Å². The molecule has 2 unspecified atom stereocenters. The van der Waals surface area contributed by atoms with Crippen LogP contribution in [0.25, 0.3) is 0 Å². The fraction of sp³-hybridized carbons (Fsp3) is 0.538. The SMILES string of the molecule is CC(F)(CC1CCCN1)c1ccc(F)cc1. The average Bonchev–Trinajstić information content (AvgIpc) is 2.70. The summed E-state index contributed by atoms with van der Waals surface area (Å²) in [6.45, 7) is 2.55. The highest BCUT2D eigenvalue weighted by atomic mass is 19.1. The largest absolute Gasteiger partial charge is 0.314 e. The highest BCUT2D eigenvalue weighted by Crippen LogP contribution is 2.32. The minimum Gasteiger partial charge on any atom is -0.314 e. The summed E-state index contributed by atoms with van der Waals surface area (Å²) in [5.41, 5.74) is -0.821. The number of rotatable bonds is 3. The molecule has 1 heterocycles. The predicted octanol–water partition coefficient (Wildman–Crippen LogP) is 3.15. The molecule has 1 aromatic rings. The molecule has 1 saturated heterocycles. The zero-order valence-corrected chi connectivity index (χ0v) is 9.47. The van der Waals surface area contributed by atoms with E-state index >= 15 is 0 Å². The third-order valence-electron chi connectivity index (χ3n) is 3.24. The van der Waals surface area contributed by atoms with Crippen LogP contribution in [-0.2, 0) is 5.67 Å². The van der Waals surface area contributed by atoms with Gasteiger partial charge in [-0.25, -0.2) is 8.78 Å². The first-order valence-corrected chi connectivity index (χ1v) is 5.76. The Bertz CT molecular complexity index is 339. The van der Waals surface area contributed by atoms with Crippen LogP contribution in [0.4, 0.5) is 8.78 Å². The lowest BCUT2D eigenvalue weighted by Gasteiger charge is -2.24. The number of hydrogen-bond donors (Lipinski definition) is 1. The van der Waals surface area contributed by atoms with Crippen molar-refractivity contribution in [3.63, 3.8) is 0 Å². The van der Waals surface area contributed by atoms with Crippen LogP contribution in [0, 0.1) is 5.82 Å². The van der Waals surface area contributed by atoms with E-state index in [0.29, 0.717) is 12.0 Å². The van der Waals surface area contributed by atoms with Crippen molar-refractivity contribution in [1.82, 2.24) is 5.32 Å². The fourth-order valence-corrected chi connectivity index (χ4v) is 2.31. The molecular weight excluding hydrogens is 208 g/mol. The number of hydrogen-bond acceptors (Lipinski definition) is 1.